The van der Waals surface area contributed by atoms with Crippen LogP contribution in [0, 0.1) is 0 Å². The average molecular weight is 307 g/mol. The van der Waals surface area contributed by atoms with E-state index in [1.807, 2.05) is 32.3 Å². The van der Waals surface area contributed by atoms with Gasteiger partial charge in [0.2, 0.25) is 0 Å². The molecule has 0 amide bonds. The van der Waals surface area contributed by atoms with Crippen LogP contribution in [0.4, 0.5) is 0 Å². The number of nitrogens with zero attached hydrogens (tertiary/aromatic N) is 4. The van der Waals surface area contributed by atoms with E-state index in [9.17, 15) is 0 Å². The number of nitrogens with one attached hydrogen (secondary N) is 1. The number of hydrogen-bond acceptors (Lipinski definition) is 5. The number of morpholine rings is 1. The van der Waals surface area contributed by atoms with Crippen LogP contribution in [-0.4, -0.2) is 66.5 Å². The summed E-state index contributed by atoms with van der Waals surface area (Å²) in [4.78, 5) is 8.71. The minimum atomic E-state index is 0.565. The molecule has 1 aromatic rings. The first-order valence-electron chi connectivity index (χ1n) is 6.91. The topological polar surface area (TPSA) is 53.0 Å². The zero-order valence-electron chi connectivity index (χ0n) is 12.5. The van der Waals surface area contributed by atoms with Crippen molar-refractivity contribution >= 4 is 23.5 Å². The van der Waals surface area contributed by atoms with Crippen LogP contribution in [0.1, 0.15) is 11.4 Å². The molecule has 1 aliphatic rings. The van der Waals surface area contributed by atoms with E-state index in [2.05, 4.69) is 20.4 Å². The Kier molecular flexibility index (Phi) is 6.04. The normalized spacial score (nSPS) is 16.1. The third-order valence-electron chi connectivity index (χ3n) is 3.08. The van der Waals surface area contributed by atoms with Crippen molar-refractivity contribution in [3.63, 3.8) is 0 Å². The molecule has 2 heterocycles. The molecule has 2 rings (SSSR count). The molecular formula is C14H21N5OS. The molecule has 0 bridgehead atoms. The molecule has 1 aromatic heterocycles. The highest BCUT2D eigenvalue weighted by Crippen LogP contribution is 2.05. The number of hydrogen-bond donors (Lipinski definition) is 1. The van der Waals surface area contributed by atoms with Crippen LogP contribution in [-0.2, 0) is 11.3 Å². The van der Waals surface area contributed by atoms with Gasteiger partial charge in [-0.1, -0.05) is 6.07 Å². The molecule has 0 atom stereocenters. The Balaban J connectivity index is 1.90. The number of hydrazone groups is 1. The first-order chi connectivity index (χ1) is 10.1. The van der Waals surface area contributed by atoms with Crippen molar-refractivity contribution in [3.05, 3.63) is 29.6 Å². The molecule has 21 heavy (non-hydrogen) atoms. The van der Waals surface area contributed by atoms with Crippen molar-refractivity contribution in [2.24, 2.45) is 5.10 Å². The standard InChI is InChI=1S/C14H21N5OS/c1-18(2)14(21)17-15-10-12-4-3-5-13(16-12)11-19-6-8-20-9-7-19/h3-5,10H,6-9,11H2,1-2H3,(H,17,21)/b15-10+. The van der Waals surface area contributed by atoms with Gasteiger partial charge < -0.3 is 9.64 Å². The largest absolute Gasteiger partial charge is 0.379 e. The summed E-state index contributed by atoms with van der Waals surface area (Å²) in [5, 5.41) is 4.66. The monoisotopic (exact) mass is 307 g/mol. The van der Waals surface area contributed by atoms with Crippen LogP contribution in [0.3, 0.4) is 0 Å². The molecule has 1 aliphatic heterocycles. The molecule has 0 aliphatic carbocycles. The van der Waals surface area contributed by atoms with Gasteiger partial charge in [-0.2, -0.15) is 5.10 Å². The van der Waals surface area contributed by atoms with E-state index >= 15 is 0 Å². The summed E-state index contributed by atoms with van der Waals surface area (Å²) in [6, 6.07) is 5.95. The fourth-order valence-corrected chi connectivity index (χ4v) is 1.95. The number of pyridine rings is 1. The zero-order valence-corrected chi connectivity index (χ0v) is 13.3. The van der Waals surface area contributed by atoms with Crippen LogP contribution in [0.2, 0.25) is 0 Å². The summed E-state index contributed by atoms with van der Waals surface area (Å²) < 4.78 is 5.35. The molecule has 1 saturated heterocycles. The minimum absolute atomic E-state index is 0.565. The van der Waals surface area contributed by atoms with Gasteiger partial charge in [-0.3, -0.25) is 15.3 Å². The second kappa shape index (κ2) is 8.02. The molecule has 0 unspecified atom stereocenters. The van der Waals surface area contributed by atoms with Gasteiger partial charge in [-0.25, -0.2) is 0 Å². The van der Waals surface area contributed by atoms with Gasteiger partial charge in [0.1, 0.15) is 0 Å². The van der Waals surface area contributed by atoms with E-state index in [0.717, 1.165) is 44.2 Å². The third kappa shape index (κ3) is 5.37. The number of rotatable bonds is 4. The summed E-state index contributed by atoms with van der Waals surface area (Å²) in [7, 11) is 3.73. The predicted molar refractivity (Wildman–Crippen MR) is 87.3 cm³/mol. The van der Waals surface area contributed by atoms with Crippen molar-refractivity contribution < 1.29 is 4.74 Å². The van der Waals surface area contributed by atoms with E-state index in [0.29, 0.717) is 5.11 Å². The summed E-state index contributed by atoms with van der Waals surface area (Å²) in [5.41, 5.74) is 4.64. The highest BCUT2D eigenvalue weighted by atomic mass is 32.1. The Morgan fingerprint density at radius 2 is 2.24 bits per heavy atom. The zero-order chi connectivity index (χ0) is 15.1. The van der Waals surface area contributed by atoms with E-state index < -0.39 is 0 Å². The Morgan fingerprint density at radius 3 is 2.95 bits per heavy atom. The van der Waals surface area contributed by atoms with Gasteiger partial charge in [0, 0.05) is 33.7 Å². The summed E-state index contributed by atoms with van der Waals surface area (Å²) in [5.74, 6) is 0. The third-order valence-corrected chi connectivity index (χ3v) is 3.54. The van der Waals surface area contributed by atoms with E-state index in [1.165, 1.54) is 0 Å². The average Bonchev–Trinajstić information content (AvgIpc) is 2.48. The minimum Gasteiger partial charge on any atom is -0.379 e. The van der Waals surface area contributed by atoms with Crippen molar-refractivity contribution in [1.82, 2.24) is 20.2 Å². The smallest absolute Gasteiger partial charge is 0.189 e. The van der Waals surface area contributed by atoms with Crippen molar-refractivity contribution in [2.75, 3.05) is 40.4 Å². The fourth-order valence-electron chi connectivity index (χ4n) is 1.90. The molecule has 0 radical (unpaired) electrons. The maximum atomic E-state index is 5.35. The molecule has 0 aromatic carbocycles. The molecular weight excluding hydrogens is 286 g/mol. The Bertz CT molecular complexity index is 500. The maximum Gasteiger partial charge on any atom is 0.189 e. The highest BCUT2D eigenvalue weighted by Gasteiger charge is 2.11. The van der Waals surface area contributed by atoms with Gasteiger partial charge in [0.15, 0.2) is 5.11 Å². The molecule has 0 saturated carbocycles. The molecule has 114 valence electrons. The molecule has 1 fully saturated rings. The van der Waals surface area contributed by atoms with Crippen LogP contribution in [0.25, 0.3) is 0 Å². The fraction of sp³-hybridized carbons (Fsp3) is 0.500. The lowest BCUT2D eigenvalue weighted by molar-refractivity contribution is 0.0336. The van der Waals surface area contributed by atoms with Gasteiger partial charge in [0.05, 0.1) is 30.8 Å². The molecule has 6 nitrogen and oxygen atoms in total. The first-order valence-corrected chi connectivity index (χ1v) is 7.32. The quantitative estimate of drug-likeness (QED) is 0.502. The lowest BCUT2D eigenvalue weighted by Crippen LogP contribution is -2.35. The number of thiocarbonyl (C=S) groups is 1. The summed E-state index contributed by atoms with van der Waals surface area (Å²) in [6.45, 7) is 4.35. The van der Waals surface area contributed by atoms with Crippen molar-refractivity contribution in [2.45, 2.75) is 6.54 Å². The summed E-state index contributed by atoms with van der Waals surface area (Å²) >= 11 is 5.09. The van der Waals surface area contributed by atoms with Crippen molar-refractivity contribution in [1.29, 1.82) is 0 Å². The molecule has 1 N–H and O–H groups in total. The first kappa shape index (κ1) is 15.8. The Hall–Kier alpha value is -1.57. The summed E-state index contributed by atoms with van der Waals surface area (Å²) in [6.07, 6.45) is 1.68. The van der Waals surface area contributed by atoms with Crippen LogP contribution < -0.4 is 5.43 Å². The van der Waals surface area contributed by atoms with Gasteiger partial charge in [-0.05, 0) is 24.4 Å². The lowest BCUT2D eigenvalue weighted by Gasteiger charge is -2.26. The highest BCUT2D eigenvalue weighted by molar-refractivity contribution is 7.80. The van der Waals surface area contributed by atoms with E-state index in [-0.39, 0.29) is 0 Å². The Morgan fingerprint density at radius 1 is 1.48 bits per heavy atom. The molecule has 7 heteroatoms. The predicted octanol–water partition coefficient (Wildman–Crippen LogP) is 0.684. The van der Waals surface area contributed by atoms with Gasteiger partial charge >= 0.3 is 0 Å². The molecule has 0 spiro atoms. The van der Waals surface area contributed by atoms with Crippen LogP contribution in [0.15, 0.2) is 23.3 Å². The van der Waals surface area contributed by atoms with Gasteiger partial charge in [0.25, 0.3) is 0 Å². The Labute approximate surface area is 130 Å². The lowest BCUT2D eigenvalue weighted by atomic mass is 10.3. The number of ether oxygens (including phenoxy) is 1. The number of aromatic nitrogens is 1. The van der Waals surface area contributed by atoms with Crippen molar-refractivity contribution in [3.8, 4) is 0 Å². The van der Waals surface area contributed by atoms with Crippen LogP contribution in [0.5, 0.6) is 0 Å². The second-order valence-corrected chi connectivity index (χ2v) is 5.40. The van der Waals surface area contributed by atoms with E-state index in [4.69, 9.17) is 17.0 Å². The van der Waals surface area contributed by atoms with Crippen LogP contribution >= 0.6 is 12.2 Å². The van der Waals surface area contributed by atoms with E-state index in [1.54, 1.807) is 11.1 Å². The maximum absolute atomic E-state index is 5.35. The second-order valence-electron chi connectivity index (χ2n) is 5.01. The SMILES string of the molecule is CN(C)C(=S)N/N=C/c1cccc(CN2CCOCC2)n1. The van der Waals surface area contributed by atoms with Gasteiger partial charge in [-0.15, -0.1) is 0 Å².